The van der Waals surface area contributed by atoms with Crippen LogP contribution in [0.25, 0.3) is 22.3 Å². The van der Waals surface area contributed by atoms with E-state index in [9.17, 15) is 63.3 Å². The van der Waals surface area contributed by atoms with Crippen LogP contribution in [-0.2, 0) is 73.7 Å². The minimum absolute atomic E-state index is 0.0949. The van der Waals surface area contributed by atoms with Crippen LogP contribution >= 0.6 is 0 Å². The van der Waals surface area contributed by atoms with Gasteiger partial charge in [0.2, 0.25) is 11.8 Å². The number of carbonyl (C=O) groups excluding carboxylic acids is 2. The fourth-order valence-corrected chi connectivity index (χ4v) is 14.7. The molecule has 2 amide bonds. The van der Waals surface area contributed by atoms with Crippen molar-refractivity contribution in [3.8, 4) is 34.4 Å². The molecule has 4 saturated carbocycles. The summed E-state index contributed by atoms with van der Waals surface area (Å²) < 4.78 is 164. The predicted octanol–water partition coefficient (Wildman–Crippen LogP) is 6.69. The van der Waals surface area contributed by atoms with Gasteiger partial charge in [-0.15, -0.1) is 0 Å². The maximum absolute atomic E-state index is 14.2. The normalized spacial score (nSPS) is 25.5. The minimum atomic E-state index is -4.94. The van der Waals surface area contributed by atoms with Crippen LogP contribution in [-0.4, -0.2) is 123 Å². The fourth-order valence-electron chi connectivity index (χ4n) is 10.7. The lowest BCUT2D eigenvalue weighted by molar-refractivity contribution is -0.140. The zero-order chi connectivity index (χ0) is 56.4. The van der Waals surface area contributed by atoms with Crippen molar-refractivity contribution in [2.24, 2.45) is 22.7 Å². The van der Waals surface area contributed by atoms with Crippen LogP contribution in [0.2, 0.25) is 0 Å². The number of methoxy groups -OCH3 is 2. The number of hydrogen-bond donors (Lipinski definition) is 2. The van der Waals surface area contributed by atoms with Crippen molar-refractivity contribution >= 4 is 31.5 Å². The van der Waals surface area contributed by atoms with Crippen LogP contribution in [0.15, 0.2) is 71.0 Å². The Kier molecular flexibility index (Phi) is 15.0. The highest BCUT2D eigenvalue weighted by molar-refractivity contribution is 7.92. The summed E-state index contributed by atoms with van der Waals surface area (Å²) in [5, 5.41) is 29.8. The van der Waals surface area contributed by atoms with Gasteiger partial charge in [-0.3, -0.25) is 19.0 Å². The van der Waals surface area contributed by atoms with Gasteiger partial charge in [0.05, 0.1) is 120 Å². The quantitative estimate of drug-likeness (QED) is 0.111. The van der Waals surface area contributed by atoms with Crippen molar-refractivity contribution in [1.29, 1.82) is 10.5 Å². The first-order valence-electron chi connectivity index (χ1n) is 25.2. The Balaban J connectivity index is 0.000000190. The summed E-state index contributed by atoms with van der Waals surface area (Å²) in [5.74, 6) is -2.85. The molecule has 78 heavy (non-hydrogen) atoms. The van der Waals surface area contributed by atoms with Crippen LogP contribution in [0.4, 0.5) is 26.3 Å². The molecule has 0 unspecified atom stereocenters. The third-order valence-corrected chi connectivity index (χ3v) is 20.2. The van der Waals surface area contributed by atoms with E-state index in [1.165, 1.54) is 38.7 Å². The second-order valence-corrected chi connectivity index (χ2v) is 26.7. The number of nitriles is 2. The number of halogens is 6. The van der Waals surface area contributed by atoms with Crippen molar-refractivity contribution < 1.29 is 71.7 Å². The lowest BCUT2D eigenvalue weighted by atomic mass is 9.89. The molecule has 10 rings (SSSR count). The molecule has 0 bridgehead atoms. The molecule has 6 fully saturated rings. The van der Waals surface area contributed by atoms with E-state index in [0.29, 0.717) is 76.3 Å². The molecule has 0 radical (unpaired) electrons. The molecule has 2 saturated heterocycles. The molecule has 26 heteroatoms. The highest BCUT2D eigenvalue weighted by Gasteiger charge is 2.53. The highest BCUT2D eigenvalue weighted by atomic mass is 32.2. The van der Waals surface area contributed by atoms with Gasteiger partial charge in [0.1, 0.15) is 11.1 Å². The standard InChI is InChI=1S/2C26H29F3N4O5S/c2*1-24(14-38-15-24)13-33-11-17(10-31-33)16-3-4-22(20(7-16)26(27,28)29)39(35,36)18-8-19(21(9-18)37-2)23(34)32-25(12-30)5-6-25/h2*3-4,7,10-11,18-19,21H,5-6,8-9,13-15H2,1-2H3,(H,32,34)/t2*18-,19-,21-/m10/s1. The lowest BCUT2D eigenvalue weighted by Gasteiger charge is -2.37. The highest BCUT2D eigenvalue weighted by Crippen LogP contribution is 2.46. The largest absolute Gasteiger partial charge is 0.417 e. The molecule has 6 aliphatic rings. The fraction of sp³-hybridized carbons (Fsp3) is 0.577. The summed E-state index contributed by atoms with van der Waals surface area (Å²) in [6, 6.07) is 10.4. The number of rotatable bonds is 16. The van der Waals surface area contributed by atoms with Gasteiger partial charge < -0.3 is 29.6 Å². The van der Waals surface area contributed by atoms with Gasteiger partial charge in [-0.05, 0) is 86.8 Å². The van der Waals surface area contributed by atoms with Crippen molar-refractivity contribution in [2.75, 3.05) is 40.6 Å². The number of nitrogens with one attached hydrogen (secondary N) is 2. The Hall–Kier alpha value is -5.90. The van der Waals surface area contributed by atoms with Crippen LogP contribution in [0, 0.1) is 45.3 Å². The molecule has 4 aromatic rings. The number of ether oxygens (including phenoxy) is 4. The number of carbonyl (C=O) groups is 2. The van der Waals surface area contributed by atoms with Gasteiger partial charge >= 0.3 is 12.4 Å². The van der Waals surface area contributed by atoms with E-state index in [1.807, 2.05) is 26.0 Å². The Morgan fingerprint density at radius 1 is 0.641 bits per heavy atom. The van der Waals surface area contributed by atoms with Gasteiger partial charge in [0, 0.05) is 48.6 Å². The molecule has 18 nitrogen and oxygen atoms in total. The van der Waals surface area contributed by atoms with E-state index in [1.54, 1.807) is 21.8 Å². The summed E-state index contributed by atoms with van der Waals surface area (Å²) in [4.78, 5) is 24.0. The smallest absolute Gasteiger partial charge is 0.381 e. The maximum Gasteiger partial charge on any atom is 0.417 e. The SMILES string of the molecule is CO[C@@H]1C[C@H](S(=O)(=O)c2ccc(-c3cnn(CC4(C)COC4)c3)cc2C(F)(F)F)C[C@H]1C(=O)NC1(C#N)CC1.CO[C@H]1C[C@@H](S(=O)(=O)c2ccc(-c3cnn(CC4(C)COC4)c3)cc2C(F)(F)F)C[C@@H]1C(=O)NC1(C#N)CC1. The molecule has 2 aromatic carbocycles. The van der Waals surface area contributed by atoms with Crippen LogP contribution in [0.5, 0.6) is 0 Å². The number of hydrogen-bond acceptors (Lipinski definition) is 14. The number of amides is 2. The second kappa shape index (κ2) is 20.6. The van der Waals surface area contributed by atoms with Crippen molar-refractivity contribution in [1.82, 2.24) is 30.2 Å². The number of benzene rings is 2. The van der Waals surface area contributed by atoms with Crippen molar-refractivity contribution in [3.63, 3.8) is 0 Å². The number of nitrogens with zero attached hydrogens (tertiary/aromatic N) is 6. The van der Waals surface area contributed by atoms with Crippen LogP contribution in [0.3, 0.4) is 0 Å². The third-order valence-electron chi connectivity index (χ3n) is 15.7. The average molecular weight is 1130 g/mol. The van der Waals surface area contributed by atoms with E-state index in [2.05, 4.69) is 20.8 Å². The first-order valence-corrected chi connectivity index (χ1v) is 28.3. The molecule has 6 atom stereocenters. The number of sulfone groups is 2. The van der Waals surface area contributed by atoms with Gasteiger partial charge in [-0.25, -0.2) is 16.8 Å². The van der Waals surface area contributed by atoms with Gasteiger partial charge in [0.15, 0.2) is 19.7 Å². The Morgan fingerprint density at radius 3 is 1.28 bits per heavy atom. The summed E-state index contributed by atoms with van der Waals surface area (Å²) >= 11 is 0. The molecular weight excluding hydrogens is 1070 g/mol. The summed E-state index contributed by atoms with van der Waals surface area (Å²) in [7, 11) is -6.33. The molecule has 2 N–H and O–H groups in total. The van der Waals surface area contributed by atoms with E-state index in [-0.39, 0.29) is 47.6 Å². The maximum atomic E-state index is 14.2. The Morgan fingerprint density at radius 2 is 1.00 bits per heavy atom. The zero-order valence-corrected chi connectivity index (χ0v) is 44.6. The van der Waals surface area contributed by atoms with Crippen molar-refractivity contribution in [3.05, 3.63) is 72.3 Å². The average Bonchev–Trinajstić information content (AvgIpc) is 4.13. The minimum Gasteiger partial charge on any atom is -0.381 e. The first kappa shape index (κ1) is 56.8. The van der Waals surface area contributed by atoms with Crippen LogP contribution in [0.1, 0.15) is 76.3 Å². The topological polar surface area (TPSA) is 247 Å². The molecule has 2 aliphatic heterocycles. The van der Waals surface area contributed by atoms with Gasteiger partial charge in [-0.1, -0.05) is 26.0 Å². The van der Waals surface area contributed by atoms with E-state index >= 15 is 0 Å². The first-order chi connectivity index (χ1) is 36.6. The molecular formula is C52H58F6N8O10S2. The number of aromatic nitrogens is 4. The summed E-state index contributed by atoms with van der Waals surface area (Å²) in [6.45, 7) is 7.41. The van der Waals surface area contributed by atoms with Gasteiger partial charge in [-0.2, -0.15) is 47.1 Å². The predicted molar refractivity (Wildman–Crippen MR) is 264 cm³/mol. The van der Waals surface area contributed by atoms with Gasteiger partial charge in [0.25, 0.3) is 0 Å². The van der Waals surface area contributed by atoms with Crippen molar-refractivity contribution in [2.45, 2.75) is 134 Å². The van der Waals surface area contributed by atoms with E-state index in [4.69, 9.17) is 18.9 Å². The molecule has 2 aromatic heterocycles. The second-order valence-electron chi connectivity index (χ2n) is 22.3. The summed E-state index contributed by atoms with van der Waals surface area (Å²) in [6.07, 6.45) is -4.03. The lowest BCUT2D eigenvalue weighted by Crippen LogP contribution is -2.43. The molecule has 4 aliphatic carbocycles. The molecule has 0 spiro atoms. The third kappa shape index (κ3) is 11.6. The Labute approximate surface area is 446 Å². The van der Waals surface area contributed by atoms with Crippen LogP contribution < -0.4 is 10.6 Å². The zero-order valence-electron chi connectivity index (χ0n) is 43.0. The molecule has 4 heterocycles. The van der Waals surface area contributed by atoms with E-state index in [0.717, 1.165) is 24.3 Å². The van der Waals surface area contributed by atoms with E-state index < -0.39 is 110 Å². The monoisotopic (exact) mass is 1130 g/mol. The Bertz CT molecular complexity index is 3060. The molecule has 420 valence electrons. The summed E-state index contributed by atoms with van der Waals surface area (Å²) in [5.41, 5.74) is -3.41. The number of alkyl halides is 6.